The van der Waals surface area contributed by atoms with Crippen LogP contribution in [-0.2, 0) is 19.2 Å². The maximum absolute atomic E-state index is 14.8. The van der Waals surface area contributed by atoms with Crippen molar-refractivity contribution in [1.29, 1.82) is 0 Å². The molecule has 1 saturated heterocycles. The Morgan fingerprint density at radius 1 is 1.27 bits per heavy atom. The zero-order valence-electron chi connectivity index (χ0n) is 17.6. The van der Waals surface area contributed by atoms with Gasteiger partial charge in [0.15, 0.2) is 5.84 Å². The van der Waals surface area contributed by atoms with Gasteiger partial charge in [0, 0.05) is 18.1 Å². The van der Waals surface area contributed by atoms with Gasteiger partial charge in [-0.25, -0.2) is 14.0 Å². The number of amides is 2. The number of halogens is 2. The minimum absolute atomic E-state index is 0. The van der Waals surface area contributed by atoms with Gasteiger partial charge < -0.3 is 26.4 Å². The molecule has 0 aliphatic carbocycles. The molecule has 2 aromatic rings. The topological polar surface area (TPSA) is 149 Å². The van der Waals surface area contributed by atoms with Crippen molar-refractivity contribution in [1.82, 2.24) is 5.32 Å². The van der Waals surface area contributed by atoms with E-state index in [0.717, 1.165) is 0 Å². The summed E-state index contributed by atoms with van der Waals surface area (Å²) < 4.78 is 20.0. The van der Waals surface area contributed by atoms with Crippen molar-refractivity contribution in [3.8, 4) is 11.1 Å². The molecular weight excluding hydrogens is 457 g/mol. The average Bonchev–Trinajstić information content (AvgIpc) is 3.16. The number of oxime groups is 1. The van der Waals surface area contributed by atoms with Crippen molar-refractivity contribution in [2.45, 2.75) is 13.0 Å². The van der Waals surface area contributed by atoms with Crippen molar-refractivity contribution in [2.24, 2.45) is 16.6 Å². The Morgan fingerprint density at radius 3 is 2.58 bits per heavy atom. The number of ether oxygens (including phenoxy) is 1. The van der Waals surface area contributed by atoms with E-state index in [1.165, 1.54) is 17.9 Å². The number of anilines is 1. The maximum atomic E-state index is 14.8. The van der Waals surface area contributed by atoms with Crippen LogP contribution in [0.4, 0.5) is 14.9 Å². The highest BCUT2D eigenvalue weighted by Crippen LogP contribution is 2.29. The molecule has 1 aliphatic rings. The van der Waals surface area contributed by atoms with E-state index in [2.05, 4.69) is 15.3 Å². The van der Waals surface area contributed by atoms with E-state index in [1.807, 2.05) is 0 Å². The summed E-state index contributed by atoms with van der Waals surface area (Å²) in [7, 11) is 0. The molecule has 3 rings (SSSR count). The van der Waals surface area contributed by atoms with Crippen LogP contribution >= 0.6 is 12.4 Å². The molecule has 2 aromatic carbocycles. The van der Waals surface area contributed by atoms with Crippen LogP contribution in [0, 0.1) is 5.82 Å². The number of hydrogen-bond donors (Lipinski definition) is 3. The molecule has 0 radical (unpaired) electrons. The minimum atomic E-state index is -0.727. The Labute approximate surface area is 195 Å². The van der Waals surface area contributed by atoms with Crippen molar-refractivity contribution in [2.75, 3.05) is 24.5 Å². The van der Waals surface area contributed by atoms with Crippen LogP contribution in [0.15, 0.2) is 47.6 Å². The third kappa shape index (κ3) is 6.40. The Kier molecular flexibility index (Phi) is 8.71. The molecule has 1 heterocycles. The van der Waals surface area contributed by atoms with Gasteiger partial charge in [-0.05, 0) is 23.8 Å². The molecule has 1 atom stereocenters. The summed E-state index contributed by atoms with van der Waals surface area (Å²) in [5.41, 5.74) is 12.6. The molecule has 5 N–H and O–H groups in total. The Hall–Kier alpha value is -3.70. The smallest absolute Gasteiger partial charge is 0.414 e. The quantitative estimate of drug-likeness (QED) is 0.236. The van der Waals surface area contributed by atoms with Crippen LogP contribution in [0.5, 0.6) is 0 Å². The van der Waals surface area contributed by atoms with Gasteiger partial charge in [0.05, 0.1) is 25.3 Å². The van der Waals surface area contributed by atoms with E-state index >= 15 is 0 Å². The summed E-state index contributed by atoms with van der Waals surface area (Å²) in [6.45, 7) is 1.42. The van der Waals surface area contributed by atoms with Crippen molar-refractivity contribution >= 4 is 41.9 Å². The third-order valence-electron chi connectivity index (χ3n) is 4.62. The molecule has 33 heavy (non-hydrogen) atoms. The fraction of sp³-hybridized carbons (Fsp3) is 0.238. The number of nitrogens with one attached hydrogen (secondary N) is 1. The summed E-state index contributed by atoms with van der Waals surface area (Å²) in [6, 6.07) is 10.9. The SMILES string of the molecule is CC(=O)NC[C@H]1CN(c2ccc(-c3ccc(C(N)=NOC(=O)CN)cc3)c(F)c2)C(=O)O1.Cl. The van der Waals surface area contributed by atoms with E-state index in [9.17, 15) is 18.8 Å². The van der Waals surface area contributed by atoms with Crippen LogP contribution in [0.25, 0.3) is 11.1 Å². The summed E-state index contributed by atoms with van der Waals surface area (Å²) in [5.74, 6) is -1.53. The Morgan fingerprint density at radius 2 is 1.97 bits per heavy atom. The Balaban J connectivity index is 0.00000385. The lowest BCUT2D eigenvalue weighted by Gasteiger charge is -2.14. The molecule has 0 spiro atoms. The van der Waals surface area contributed by atoms with Crippen LogP contribution < -0.4 is 21.7 Å². The second-order valence-electron chi connectivity index (χ2n) is 6.94. The van der Waals surface area contributed by atoms with E-state index in [4.69, 9.17) is 16.2 Å². The molecule has 2 amide bonds. The number of hydrogen-bond acceptors (Lipinski definition) is 7. The molecule has 176 valence electrons. The number of amidine groups is 1. The molecule has 0 bridgehead atoms. The predicted octanol–water partition coefficient (Wildman–Crippen LogP) is 1.50. The summed E-state index contributed by atoms with van der Waals surface area (Å²) in [4.78, 5) is 40.0. The molecule has 0 saturated carbocycles. The van der Waals surface area contributed by atoms with E-state index < -0.39 is 24.0 Å². The lowest BCUT2D eigenvalue weighted by atomic mass is 10.0. The van der Waals surface area contributed by atoms with Crippen molar-refractivity contribution < 1.29 is 28.3 Å². The minimum Gasteiger partial charge on any atom is -0.442 e. The van der Waals surface area contributed by atoms with Gasteiger partial charge >= 0.3 is 12.1 Å². The normalized spacial score (nSPS) is 15.5. The second-order valence-corrected chi connectivity index (χ2v) is 6.94. The second kappa shape index (κ2) is 11.2. The van der Waals surface area contributed by atoms with Gasteiger partial charge in [0.2, 0.25) is 5.91 Å². The zero-order chi connectivity index (χ0) is 23.3. The number of cyclic esters (lactones) is 1. The largest absolute Gasteiger partial charge is 0.442 e. The predicted molar refractivity (Wildman–Crippen MR) is 121 cm³/mol. The number of nitrogens with zero attached hydrogens (tertiary/aromatic N) is 2. The number of benzene rings is 2. The first-order valence-corrected chi connectivity index (χ1v) is 9.64. The number of carbonyl (C=O) groups is 3. The van der Waals surface area contributed by atoms with Crippen LogP contribution in [0.3, 0.4) is 0 Å². The molecule has 1 fully saturated rings. The number of carbonyl (C=O) groups excluding carboxylic acids is 3. The summed E-state index contributed by atoms with van der Waals surface area (Å²) >= 11 is 0. The molecular formula is C21H23ClFN5O5. The fourth-order valence-corrected chi connectivity index (χ4v) is 3.01. The van der Waals surface area contributed by atoms with Crippen LogP contribution in [0.2, 0.25) is 0 Å². The van der Waals surface area contributed by atoms with Crippen LogP contribution in [-0.4, -0.2) is 49.5 Å². The maximum Gasteiger partial charge on any atom is 0.414 e. The van der Waals surface area contributed by atoms with Gasteiger partial charge in [0.1, 0.15) is 11.9 Å². The first kappa shape index (κ1) is 25.6. The molecule has 0 aromatic heterocycles. The lowest BCUT2D eigenvalue weighted by molar-refractivity contribution is -0.141. The molecule has 10 nitrogen and oxygen atoms in total. The zero-order valence-corrected chi connectivity index (χ0v) is 18.4. The molecule has 0 unspecified atom stereocenters. The Bertz CT molecular complexity index is 1060. The summed E-state index contributed by atoms with van der Waals surface area (Å²) in [5, 5.41) is 6.08. The van der Waals surface area contributed by atoms with E-state index in [-0.39, 0.29) is 43.8 Å². The van der Waals surface area contributed by atoms with Crippen molar-refractivity contribution in [3.63, 3.8) is 0 Å². The highest BCUT2D eigenvalue weighted by Gasteiger charge is 2.32. The highest BCUT2D eigenvalue weighted by molar-refractivity contribution is 5.98. The van der Waals surface area contributed by atoms with Gasteiger partial charge in [-0.15, -0.1) is 12.4 Å². The van der Waals surface area contributed by atoms with Gasteiger partial charge in [-0.1, -0.05) is 29.4 Å². The number of rotatable bonds is 7. The van der Waals surface area contributed by atoms with Gasteiger partial charge in [-0.2, -0.15) is 0 Å². The standard InChI is InChI=1S/C21H22FN5O5.ClH/c1-12(28)25-10-16-11-27(21(30)31-16)15-6-7-17(18(22)8-15)13-2-4-14(5-3-13)20(24)26-32-19(29)9-23;/h2-8,16H,9-11,23H2,1H3,(H2,24,26)(H,25,28);1H/t16-;/m0./s1. The lowest BCUT2D eigenvalue weighted by Crippen LogP contribution is -2.33. The fourth-order valence-electron chi connectivity index (χ4n) is 3.01. The first-order chi connectivity index (χ1) is 15.3. The van der Waals surface area contributed by atoms with Crippen molar-refractivity contribution in [3.05, 3.63) is 53.8 Å². The summed E-state index contributed by atoms with van der Waals surface area (Å²) in [6.07, 6.45) is -1.13. The first-order valence-electron chi connectivity index (χ1n) is 9.64. The van der Waals surface area contributed by atoms with E-state index in [1.54, 1.807) is 36.4 Å². The molecule has 12 heteroatoms. The van der Waals surface area contributed by atoms with Gasteiger partial charge in [-0.3, -0.25) is 9.69 Å². The van der Waals surface area contributed by atoms with Gasteiger partial charge in [0.25, 0.3) is 0 Å². The molecule has 1 aliphatic heterocycles. The highest BCUT2D eigenvalue weighted by atomic mass is 35.5. The number of nitrogens with two attached hydrogens (primary N) is 2. The van der Waals surface area contributed by atoms with Crippen LogP contribution in [0.1, 0.15) is 12.5 Å². The average molecular weight is 480 g/mol. The van der Waals surface area contributed by atoms with E-state index in [0.29, 0.717) is 22.4 Å². The third-order valence-corrected chi connectivity index (χ3v) is 4.62. The monoisotopic (exact) mass is 479 g/mol.